The summed E-state index contributed by atoms with van der Waals surface area (Å²) in [5.74, 6) is -0.0871. The normalized spacial score (nSPS) is 21.6. The third-order valence-electron chi connectivity index (χ3n) is 4.02. The van der Waals surface area contributed by atoms with Crippen molar-refractivity contribution in [2.45, 2.75) is 25.8 Å². The van der Waals surface area contributed by atoms with Crippen LogP contribution in [0.3, 0.4) is 0 Å². The Bertz CT molecular complexity index is 499. The third kappa shape index (κ3) is 3.66. The number of carbonyl (C=O) groups is 1. The van der Waals surface area contributed by atoms with Gasteiger partial charge in [-0.1, -0.05) is 6.92 Å². The Hall–Kier alpha value is -1.33. The van der Waals surface area contributed by atoms with Gasteiger partial charge in [0, 0.05) is 25.2 Å². The number of halogens is 2. The van der Waals surface area contributed by atoms with Crippen molar-refractivity contribution in [3.05, 3.63) is 29.6 Å². The molecule has 1 aromatic rings. The molecule has 118 valence electrons. The van der Waals surface area contributed by atoms with Crippen LogP contribution in [0.2, 0.25) is 0 Å². The average Bonchev–Trinajstić information content (AvgIpc) is 2.46. The molecule has 2 rings (SSSR count). The van der Waals surface area contributed by atoms with Crippen LogP contribution in [0.25, 0.3) is 0 Å². The number of piperidine rings is 1. The highest BCUT2D eigenvalue weighted by molar-refractivity contribution is 5.95. The van der Waals surface area contributed by atoms with Gasteiger partial charge in [0.15, 0.2) is 0 Å². The predicted octanol–water partition coefficient (Wildman–Crippen LogP) is 2.46. The van der Waals surface area contributed by atoms with E-state index in [2.05, 4.69) is 6.92 Å². The molecule has 21 heavy (non-hydrogen) atoms. The average molecular weight is 317 g/mol. The minimum Gasteiger partial charge on any atom is -0.497 e. The largest absolute Gasteiger partial charge is 0.497 e. The van der Waals surface area contributed by atoms with Gasteiger partial charge in [0.05, 0.1) is 12.7 Å². The van der Waals surface area contributed by atoms with E-state index >= 15 is 0 Å². The van der Waals surface area contributed by atoms with Crippen molar-refractivity contribution in [1.82, 2.24) is 4.90 Å². The van der Waals surface area contributed by atoms with Gasteiger partial charge in [-0.15, -0.1) is 12.4 Å². The number of ether oxygens (including phenoxy) is 1. The highest BCUT2D eigenvalue weighted by Crippen LogP contribution is 2.26. The molecule has 0 aromatic heterocycles. The Morgan fingerprint density at radius 3 is 2.81 bits per heavy atom. The first-order valence-electron chi connectivity index (χ1n) is 6.93. The standard InChI is InChI=1S/C15H21FN2O2.ClH/c1-10-4-3-7-18(14(10)9-17)15(19)12-6-5-11(20-2)8-13(12)16;/h5-6,8,10,14H,3-4,7,9,17H2,1-2H3;1H. The molecule has 1 aliphatic rings. The van der Waals surface area contributed by atoms with Crippen molar-refractivity contribution in [2.75, 3.05) is 20.2 Å². The lowest BCUT2D eigenvalue weighted by Gasteiger charge is -2.39. The van der Waals surface area contributed by atoms with Crippen LogP contribution in [-0.2, 0) is 0 Å². The van der Waals surface area contributed by atoms with Crippen molar-refractivity contribution in [3.8, 4) is 5.75 Å². The number of amides is 1. The molecule has 1 saturated heterocycles. The summed E-state index contributed by atoms with van der Waals surface area (Å²) in [6.45, 7) is 3.13. The van der Waals surface area contributed by atoms with Gasteiger partial charge in [-0.3, -0.25) is 4.79 Å². The van der Waals surface area contributed by atoms with Gasteiger partial charge in [0.2, 0.25) is 0 Å². The number of rotatable bonds is 3. The van der Waals surface area contributed by atoms with Gasteiger partial charge in [-0.05, 0) is 30.9 Å². The number of hydrogen-bond acceptors (Lipinski definition) is 3. The fourth-order valence-electron chi connectivity index (χ4n) is 2.81. The molecule has 0 spiro atoms. The Labute approximate surface area is 130 Å². The maximum absolute atomic E-state index is 14.0. The van der Waals surface area contributed by atoms with E-state index in [0.29, 0.717) is 24.8 Å². The lowest BCUT2D eigenvalue weighted by Crippen LogP contribution is -2.51. The van der Waals surface area contributed by atoms with Gasteiger partial charge in [-0.25, -0.2) is 4.39 Å². The van der Waals surface area contributed by atoms with Crippen molar-refractivity contribution in [3.63, 3.8) is 0 Å². The first-order valence-corrected chi connectivity index (χ1v) is 6.93. The van der Waals surface area contributed by atoms with E-state index in [1.165, 1.54) is 19.2 Å². The van der Waals surface area contributed by atoms with Gasteiger partial charge < -0.3 is 15.4 Å². The number of hydrogen-bond donors (Lipinski definition) is 1. The van der Waals surface area contributed by atoms with Crippen LogP contribution in [0.5, 0.6) is 5.75 Å². The zero-order valence-electron chi connectivity index (χ0n) is 12.3. The summed E-state index contributed by atoms with van der Waals surface area (Å²) < 4.78 is 19.0. The second-order valence-corrected chi connectivity index (χ2v) is 5.27. The summed E-state index contributed by atoms with van der Waals surface area (Å²) in [7, 11) is 1.47. The summed E-state index contributed by atoms with van der Waals surface area (Å²) in [6.07, 6.45) is 1.98. The van der Waals surface area contributed by atoms with E-state index < -0.39 is 5.82 Å². The zero-order chi connectivity index (χ0) is 14.7. The molecule has 4 nitrogen and oxygen atoms in total. The smallest absolute Gasteiger partial charge is 0.257 e. The van der Waals surface area contributed by atoms with Crippen LogP contribution < -0.4 is 10.5 Å². The maximum Gasteiger partial charge on any atom is 0.257 e. The number of methoxy groups -OCH3 is 1. The fourth-order valence-corrected chi connectivity index (χ4v) is 2.81. The molecule has 6 heteroatoms. The van der Waals surface area contributed by atoms with Crippen LogP contribution in [0.1, 0.15) is 30.1 Å². The number of nitrogens with two attached hydrogens (primary N) is 1. The minimum atomic E-state index is -0.552. The van der Waals surface area contributed by atoms with Crippen LogP contribution in [0.4, 0.5) is 4.39 Å². The van der Waals surface area contributed by atoms with Gasteiger partial charge >= 0.3 is 0 Å². The van der Waals surface area contributed by atoms with E-state index in [1.807, 2.05) is 0 Å². The molecule has 1 aromatic carbocycles. The second kappa shape index (κ2) is 7.61. The van der Waals surface area contributed by atoms with Gasteiger partial charge in [0.25, 0.3) is 5.91 Å². The third-order valence-corrected chi connectivity index (χ3v) is 4.02. The van der Waals surface area contributed by atoms with E-state index in [0.717, 1.165) is 12.8 Å². The monoisotopic (exact) mass is 316 g/mol. The molecule has 0 saturated carbocycles. The van der Waals surface area contributed by atoms with Crippen molar-refractivity contribution >= 4 is 18.3 Å². The van der Waals surface area contributed by atoms with E-state index in [4.69, 9.17) is 10.5 Å². The second-order valence-electron chi connectivity index (χ2n) is 5.27. The predicted molar refractivity (Wildman–Crippen MR) is 82.5 cm³/mol. The SMILES string of the molecule is COc1ccc(C(=O)N2CCCC(C)C2CN)c(F)c1.Cl. The molecule has 2 unspecified atom stereocenters. The summed E-state index contributed by atoms with van der Waals surface area (Å²) in [5, 5.41) is 0. The van der Waals surface area contributed by atoms with Gasteiger partial charge in [-0.2, -0.15) is 0 Å². The molecular formula is C15H22ClFN2O2. The maximum atomic E-state index is 14.0. The topological polar surface area (TPSA) is 55.6 Å². The molecule has 1 heterocycles. The van der Waals surface area contributed by atoms with Crippen LogP contribution in [0.15, 0.2) is 18.2 Å². The Morgan fingerprint density at radius 2 is 2.24 bits per heavy atom. The van der Waals surface area contributed by atoms with Crippen LogP contribution in [-0.4, -0.2) is 37.0 Å². The number of nitrogens with zero attached hydrogens (tertiary/aromatic N) is 1. The molecule has 2 atom stereocenters. The lowest BCUT2D eigenvalue weighted by atomic mass is 9.90. The lowest BCUT2D eigenvalue weighted by molar-refractivity contribution is 0.0528. The summed E-state index contributed by atoms with van der Waals surface area (Å²) in [4.78, 5) is 14.2. The van der Waals surface area contributed by atoms with Crippen LogP contribution >= 0.6 is 12.4 Å². The first-order chi connectivity index (χ1) is 9.58. The number of carbonyl (C=O) groups excluding carboxylic acids is 1. The molecule has 0 aliphatic carbocycles. The summed E-state index contributed by atoms with van der Waals surface area (Å²) >= 11 is 0. The first kappa shape index (κ1) is 17.7. The van der Waals surface area contributed by atoms with E-state index in [9.17, 15) is 9.18 Å². The highest BCUT2D eigenvalue weighted by Gasteiger charge is 2.32. The Balaban J connectivity index is 0.00000220. The number of likely N-dealkylation sites (tertiary alicyclic amines) is 1. The Morgan fingerprint density at radius 1 is 1.52 bits per heavy atom. The summed E-state index contributed by atoms with van der Waals surface area (Å²) in [5.41, 5.74) is 5.86. The molecule has 1 aliphatic heterocycles. The fraction of sp³-hybridized carbons (Fsp3) is 0.533. The zero-order valence-corrected chi connectivity index (χ0v) is 13.2. The molecule has 0 radical (unpaired) electrons. The highest BCUT2D eigenvalue weighted by atomic mass is 35.5. The Kier molecular flexibility index (Phi) is 6.42. The number of benzene rings is 1. The molecule has 2 N–H and O–H groups in total. The minimum absolute atomic E-state index is 0. The molecule has 1 amide bonds. The van der Waals surface area contributed by atoms with E-state index in [-0.39, 0.29) is 29.9 Å². The molecule has 0 bridgehead atoms. The van der Waals surface area contributed by atoms with Gasteiger partial charge in [0.1, 0.15) is 11.6 Å². The van der Waals surface area contributed by atoms with Crippen molar-refractivity contribution < 1.29 is 13.9 Å². The molecule has 1 fully saturated rings. The quantitative estimate of drug-likeness (QED) is 0.932. The molecular weight excluding hydrogens is 295 g/mol. The summed E-state index contributed by atoms with van der Waals surface area (Å²) in [6, 6.07) is 4.29. The van der Waals surface area contributed by atoms with Crippen molar-refractivity contribution in [2.24, 2.45) is 11.7 Å². The van der Waals surface area contributed by atoms with E-state index in [1.54, 1.807) is 11.0 Å². The van der Waals surface area contributed by atoms with Crippen molar-refractivity contribution in [1.29, 1.82) is 0 Å². The van der Waals surface area contributed by atoms with Crippen LogP contribution in [0, 0.1) is 11.7 Å².